The van der Waals surface area contributed by atoms with Gasteiger partial charge in [-0.15, -0.1) is 0 Å². The summed E-state index contributed by atoms with van der Waals surface area (Å²) in [5.74, 6) is 0.689. The van der Waals surface area contributed by atoms with Gasteiger partial charge in [-0.1, -0.05) is 18.2 Å². The Morgan fingerprint density at radius 3 is 3.12 bits per heavy atom. The lowest BCUT2D eigenvalue weighted by Gasteiger charge is -2.26. The molecule has 24 heavy (non-hydrogen) atoms. The number of hydrogen-bond donors (Lipinski definition) is 2. The summed E-state index contributed by atoms with van der Waals surface area (Å²) in [4.78, 5) is 16.3. The van der Waals surface area contributed by atoms with Crippen LogP contribution in [0.2, 0.25) is 0 Å². The summed E-state index contributed by atoms with van der Waals surface area (Å²) in [6.45, 7) is 2.51. The molecule has 6 heteroatoms. The molecule has 0 spiro atoms. The van der Waals surface area contributed by atoms with Gasteiger partial charge in [-0.2, -0.15) is 5.26 Å². The Morgan fingerprint density at radius 2 is 2.29 bits per heavy atom. The number of nitriles is 1. The Hall–Kier alpha value is -3.07. The molecule has 1 atom stereocenters. The molecule has 2 aromatic rings. The van der Waals surface area contributed by atoms with E-state index in [1.165, 1.54) is 6.20 Å². The second kappa shape index (κ2) is 7.01. The number of nitrogens with one attached hydrogen (secondary N) is 2. The number of amides is 1. The number of nitrogens with zero attached hydrogens (tertiary/aromatic N) is 2. The van der Waals surface area contributed by atoms with E-state index in [0.29, 0.717) is 17.9 Å². The second-order valence-corrected chi connectivity index (χ2v) is 5.63. The summed E-state index contributed by atoms with van der Waals surface area (Å²) in [6, 6.07) is 11.5. The predicted octanol–water partition coefficient (Wildman–Crippen LogP) is 2.31. The highest BCUT2D eigenvalue weighted by atomic mass is 16.5. The van der Waals surface area contributed by atoms with Gasteiger partial charge in [-0.25, -0.2) is 0 Å². The minimum atomic E-state index is -0.130. The molecule has 2 N–H and O–H groups in total. The van der Waals surface area contributed by atoms with Gasteiger partial charge in [-0.05, 0) is 19.1 Å². The van der Waals surface area contributed by atoms with Crippen LogP contribution < -0.4 is 15.4 Å². The summed E-state index contributed by atoms with van der Waals surface area (Å²) in [6.07, 6.45) is 2.24. The van der Waals surface area contributed by atoms with Crippen LogP contribution in [-0.2, 0) is 4.79 Å². The van der Waals surface area contributed by atoms with E-state index in [9.17, 15) is 4.79 Å². The summed E-state index contributed by atoms with van der Waals surface area (Å²) in [7, 11) is 0. The Labute approximate surface area is 140 Å². The van der Waals surface area contributed by atoms with Gasteiger partial charge in [0.25, 0.3) is 0 Å². The van der Waals surface area contributed by atoms with Gasteiger partial charge in [0.05, 0.1) is 30.4 Å². The molecular formula is C18H18N4O2. The highest BCUT2D eigenvalue weighted by Crippen LogP contribution is 2.31. The molecule has 6 nitrogen and oxygen atoms in total. The van der Waals surface area contributed by atoms with Crippen molar-refractivity contribution in [2.75, 3.05) is 18.5 Å². The van der Waals surface area contributed by atoms with Crippen LogP contribution in [0.15, 0.2) is 36.5 Å². The smallest absolute Gasteiger partial charge is 0.239 e. The maximum absolute atomic E-state index is 12.3. The van der Waals surface area contributed by atoms with Crippen molar-refractivity contribution in [1.82, 2.24) is 10.3 Å². The summed E-state index contributed by atoms with van der Waals surface area (Å²) in [5.41, 5.74) is 2.82. The molecule has 1 aromatic heterocycles. The van der Waals surface area contributed by atoms with Gasteiger partial charge in [0.1, 0.15) is 11.8 Å². The Bertz CT molecular complexity index is 798. The van der Waals surface area contributed by atoms with Gasteiger partial charge in [-0.3, -0.25) is 9.78 Å². The number of rotatable bonds is 4. The predicted molar refractivity (Wildman–Crippen MR) is 89.6 cm³/mol. The fraction of sp³-hybridized carbons (Fsp3) is 0.278. The van der Waals surface area contributed by atoms with Crippen molar-refractivity contribution in [2.24, 2.45) is 0 Å². The minimum Gasteiger partial charge on any atom is -0.493 e. The van der Waals surface area contributed by atoms with E-state index in [2.05, 4.69) is 21.7 Å². The summed E-state index contributed by atoms with van der Waals surface area (Å²) < 4.78 is 5.60. The van der Waals surface area contributed by atoms with Crippen LogP contribution in [0.3, 0.4) is 0 Å². The van der Waals surface area contributed by atoms with Crippen molar-refractivity contribution in [1.29, 1.82) is 5.26 Å². The van der Waals surface area contributed by atoms with E-state index >= 15 is 0 Å². The number of anilines is 1. The van der Waals surface area contributed by atoms with Crippen LogP contribution in [0, 0.1) is 18.3 Å². The van der Waals surface area contributed by atoms with Crippen LogP contribution in [0.5, 0.6) is 5.75 Å². The molecule has 1 aliphatic heterocycles. The van der Waals surface area contributed by atoms with Gasteiger partial charge in [0, 0.05) is 23.9 Å². The van der Waals surface area contributed by atoms with Gasteiger partial charge in [0.15, 0.2) is 0 Å². The first-order chi connectivity index (χ1) is 11.7. The SMILES string of the molecule is Cc1cc(NCC(=O)NC2CCOc3ccccc32)c(C#N)cn1. The third-order valence-corrected chi connectivity index (χ3v) is 3.89. The first-order valence-electron chi connectivity index (χ1n) is 7.79. The normalized spacial score (nSPS) is 15.6. The molecule has 0 fully saturated rings. The molecule has 2 heterocycles. The largest absolute Gasteiger partial charge is 0.493 e. The molecule has 0 saturated carbocycles. The van der Waals surface area contributed by atoms with Crippen LogP contribution in [-0.4, -0.2) is 24.0 Å². The van der Waals surface area contributed by atoms with Crippen molar-refractivity contribution < 1.29 is 9.53 Å². The number of carbonyl (C=O) groups excluding carboxylic acids is 1. The first kappa shape index (κ1) is 15.8. The number of fused-ring (bicyclic) bond motifs is 1. The van der Waals surface area contributed by atoms with E-state index in [1.807, 2.05) is 31.2 Å². The van der Waals surface area contributed by atoms with E-state index in [-0.39, 0.29) is 18.5 Å². The van der Waals surface area contributed by atoms with Crippen molar-refractivity contribution in [3.63, 3.8) is 0 Å². The molecule has 1 amide bonds. The van der Waals surface area contributed by atoms with E-state index in [4.69, 9.17) is 10.00 Å². The Morgan fingerprint density at radius 1 is 1.46 bits per heavy atom. The van der Waals surface area contributed by atoms with Crippen molar-refractivity contribution >= 4 is 11.6 Å². The third-order valence-electron chi connectivity index (χ3n) is 3.89. The first-order valence-corrected chi connectivity index (χ1v) is 7.79. The molecule has 3 rings (SSSR count). The van der Waals surface area contributed by atoms with Gasteiger partial charge < -0.3 is 15.4 Å². The molecule has 122 valence electrons. The summed E-state index contributed by atoms with van der Waals surface area (Å²) in [5, 5.41) is 15.1. The second-order valence-electron chi connectivity index (χ2n) is 5.63. The lowest BCUT2D eigenvalue weighted by Crippen LogP contribution is -2.35. The Balaban J connectivity index is 1.63. The van der Waals surface area contributed by atoms with Crippen LogP contribution in [0.25, 0.3) is 0 Å². The monoisotopic (exact) mass is 322 g/mol. The lowest BCUT2D eigenvalue weighted by atomic mass is 10.0. The number of ether oxygens (including phenoxy) is 1. The minimum absolute atomic E-state index is 0.0566. The number of benzene rings is 1. The molecule has 0 aliphatic carbocycles. The molecule has 1 unspecified atom stereocenters. The zero-order valence-corrected chi connectivity index (χ0v) is 13.4. The molecular weight excluding hydrogens is 304 g/mol. The van der Waals surface area contributed by atoms with Crippen molar-refractivity contribution in [3.05, 3.63) is 53.3 Å². The highest BCUT2D eigenvalue weighted by Gasteiger charge is 2.22. The average Bonchev–Trinajstić information content (AvgIpc) is 2.60. The number of pyridine rings is 1. The van der Waals surface area contributed by atoms with Crippen molar-refractivity contribution in [3.8, 4) is 11.8 Å². The topological polar surface area (TPSA) is 87.0 Å². The maximum Gasteiger partial charge on any atom is 0.239 e. The average molecular weight is 322 g/mol. The zero-order chi connectivity index (χ0) is 16.9. The highest BCUT2D eigenvalue weighted by molar-refractivity contribution is 5.81. The number of aromatic nitrogens is 1. The van der Waals surface area contributed by atoms with Crippen LogP contribution >= 0.6 is 0 Å². The molecule has 0 radical (unpaired) electrons. The number of carbonyl (C=O) groups is 1. The summed E-state index contributed by atoms with van der Waals surface area (Å²) >= 11 is 0. The molecule has 1 aromatic carbocycles. The van der Waals surface area contributed by atoms with Gasteiger partial charge >= 0.3 is 0 Å². The van der Waals surface area contributed by atoms with E-state index < -0.39 is 0 Å². The maximum atomic E-state index is 12.3. The Kier molecular flexibility index (Phi) is 4.62. The zero-order valence-electron chi connectivity index (χ0n) is 13.4. The van der Waals surface area contributed by atoms with Gasteiger partial charge in [0.2, 0.25) is 5.91 Å². The quantitative estimate of drug-likeness (QED) is 0.902. The van der Waals surface area contributed by atoms with E-state index in [1.54, 1.807) is 6.07 Å². The molecule has 1 aliphatic rings. The third kappa shape index (κ3) is 3.46. The van der Waals surface area contributed by atoms with Crippen LogP contribution in [0.1, 0.15) is 29.3 Å². The molecule has 0 bridgehead atoms. The fourth-order valence-corrected chi connectivity index (χ4v) is 2.71. The van der Waals surface area contributed by atoms with Crippen molar-refractivity contribution in [2.45, 2.75) is 19.4 Å². The molecule has 0 saturated heterocycles. The fourth-order valence-electron chi connectivity index (χ4n) is 2.71. The lowest BCUT2D eigenvalue weighted by molar-refractivity contribution is -0.120. The number of aryl methyl sites for hydroxylation is 1. The standard InChI is InChI=1S/C18H18N4O2/c1-12-8-16(13(9-19)10-20-12)21-11-18(23)22-15-6-7-24-17-5-3-2-4-14(15)17/h2-5,8,10,15H,6-7,11H2,1H3,(H,20,21)(H,22,23). The van der Waals surface area contributed by atoms with Crippen LogP contribution in [0.4, 0.5) is 5.69 Å². The number of para-hydroxylation sites is 1. The van der Waals surface area contributed by atoms with E-state index in [0.717, 1.165) is 23.4 Å². The number of hydrogen-bond acceptors (Lipinski definition) is 5.